The van der Waals surface area contributed by atoms with Crippen molar-refractivity contribution in [2.45, 2.75) is 26.4 Å². The molecule has 1 aliphatic rings. The fourth-order valence-corrected chi connectivity index (χ4v) is 1.64. The summed E-state index contributed by atoms with van der Waals surface area (Å²) < 4.78 is 5.34. The zero-order valence-electron chi connectivity index (χ0n) is 10.9. The lowest BCUT2D eigenvalue weighted by Gasteiger charge is -2.21. The molecule has 94 valence electrons. The summed E-state index contributed by atoms with van der Waals surface area (Å²) in [7, 11) is 0. The Morgan fingerprint density at radius 3 is 2.67 bits per heavy atom. The highest BCUT2D eigenvalue weighted by Crippen LogP contribution is 2.22. The Hall–Kier alpha value is -2.03. The van der Waals surface area contributed by atoms with Crippen molar-refractivity contribution >= 4 is 17.7 Å². The molecule has 0 bridgehead atoms. The molecule has 0 fully saturated rings. The number of carbonyl (C=O) groups excluding carboxylic acids is 1. The van der Waals surface area contributed by atoms with Gasteiger partial charge in [0.15, 0.2) is 0 Å². The van der Waals surface area contributed by atoms with Crippen LogP contribution in [0, 0.1) is 0 Å². The molecule has 0 spiro atoms. The van der Waals surface area contributed by atoms with Crippen LogP contribution in [0.3, 0.4) is 0 Å². The molecule has 1 heterocycles. The molecule has 2 rings (SSSR count). The van der Waals surface area contributed by atoms with E-state index < -0.39 is 5.60 Å². The Labute approximate surface area is 107 Å². The molecule has 1 aromatic carbocycles. The lowest BCUT2D eigenvalue weighted by Crippen LogP contribution is -2.26. The Morgan fingerprint density at radius 2 is 1.94 bits per heavy atom. The number of nitrogens with one attached hydrogen (secondary N) is 1. The van der Waals surface area contributed by atoms with E-state index in [2.05, 4.69) is 5.32 Å². The molecule has 0 saturated carbocycles. The van der Waals surface area contributed by atoms with Crippen molar-refractivity contribution in [2.24, 2.45) is 0 Å². The fraction of sp³-hybridized carbons (Fsp3) is 0.267. The SMILES string of the molecule is CC(C)(C)OC(=O)C1=CC=Cc2ccccc2N1. The molecular weight excluding hydrogens is 226 g/mol. The molecule has 0 aromatic heterocycles. The minimum absolute atomic E-state index is 0.344. The summed E-state index contributed by atoms with van der Waals surface area (Å²) >= 11 is 0. The van der Waals surface area contributed by atoms with Gasteiger partial charge in [-0.2, -0.15) is 0 Å². The lowest BCUT2D eigenvalue weighted by atomic mass is 10.2. The van der Waals surface area contributed by atoms with Gasteiger partial charge in [-0.05, 0) is 38.5 Å². The second-order valence-corrected chi connectivity index (χ2v) is 5.15. The molecule has 0 unspecified atom stereocenters. The average Bonchev–Trinajstić information content (AvgIpc) is 2.48. The molecule has 0 radical (unpaired) electrons. The van der Waals surface area contributed by atoms with Gasteiger partial charge in [0.05, 0.1) is 0 Å². The first-order valence-electron chi connectivity index (χ1n) is 5.93. The van der Waals surface area contributed by atoms with E-state index in [1.807, 2.05) is 57.2 Å². The van der Waals surface area contributed by atoms with Gasteiger partial charge >= 0.3 is 5.97 Å². The van der Waals surface area contributed by atoms with Gasteiger partial charge in [-0.1, -0.05) is 30.4 Å². The number of hydrogen-bond donors (Lipinski definition) is 1. The zero-order valence-corrected chi connectivity index (χ0v) is 10.9. The predicted molar refractivity (Wildman–Crippen MR) is 73.0 cm³/mol. The van der Waals surface area contributed by atoms with Crippen molar-refractivity contribution in [2.75, 3.05) is 5.32 Å². The summed E-state index contributed by atoms with van der Waals surface area (Å²) in [4.78, 5) is 12.0. The number of benzene rings is 1. The van der Waals surface area contributed by atoms with Crippen LogP contribution in [0.4, 0.5) is 5.69 Å². The van der Waals surface area contributed by atoms with Crippen LogP contribution in [0.15, 0.2) is 42.1 Å². The summed E-state index contributed by atoms with van der Waals surface area (Å²) in [5.41, 5.74) is 1.91. The molecule has 1 N–H and O–H groups in total. The number of fused-ring (bicyclic) bond motifs is 1. The van der Waals surface area contributed by atoms with E-state index in [-0.39, 0.29) is 5.97 Å². The van der Waals surface area contributed by atoms with Gasteiger partial charge in [-0.25, -0.2) is 4.79 Å². The monoisotopic (exact) mass is 243 g/mol. The minimum atomic E-state index is -0.491. The van der Waals surface area contributed by atoms with Gasteiger partial charge in [0, 0.05) is 5.69 Å². The van der Waals surface area contributed by atoms with Crippen molar-refractivity contribution in [1.82, 2.24) is 0 Å². The average molecular weight is 243 g/mol. The Morgan fingerprint density at radius 1 is 1.22 bits per heavy atom. The number of rotatable bonds is 1. The second kappa shape index (κ2) is 4.69. The quantitative estimate of drug-likeness (QED) is 0.769. The van der Waals surface area contributed by atoms with Crippen LogP contribution in [0.5, 0.6) is 0 Å². The maximum Gasteiger partial charge on any atom is 0.355 e. The van der Waals surface area contributed by atoms with E-state index in [9.17, 15) is 4.79 Å². The maximum absolute atomic E-state index is 12.0. The number of hydrogen-bond acceptors (Lipinski definition) is 3. The predicted octanol–water partition coefficient (Wildman–Crippen LogP) is 3.35. The van der Waals surface area contributed by atoms with Crippen LogP contribution in [0.2, 0.25) is 0 Å². The number of ether oxygens (including phenoxy) is 1. The molecule has 3 nitrogen and oxygen atoms in total. The molecule has 0 saturated heterocycles. The van der Waals surface area contributed by atoms with E-state index in [0.29, 0.717) is 5.70 Å². The Kier molecular flexibility index (Phi) is 3.24. The number of anilines is 1. The van der Waals surface area contributed by atoms with Crippen molar-refractivity contribution in [1.29, 1.82) is 0 Å². The molecule has 18 heavy (non-hydrogen) atoms. The molecule has 1 aromatic rings. The third kappa shape index (κ3) is 3.00. The Bertz CT molecular complexity index is 522. The summed E-state index contributed by atoms with van der Waals surface area (Å²) in [6.07, 6.45) is 5.53. The molecular formula is C15H17NO2. The number of allylic oxidation sites excluding steroid dienone is 2. The van der Waals surface area contributed by atoms with Gasteiger partial charge in [0.2, 0.25) is 0 Å². The molecule has 0 aliphatic carbocycles. The van der Waals surface area contributed by atoms with Crippen molar-refractivity contribution < 1.29 is 9.53 Å². The highest BCUT2D eigenvalue weighted by Gasteiger charge is 2.20. The summed E-state index contributed by atoms with van der Waals surface area (Å²) in [6, 6.07) is 7.81. The largest absolute Gasteiger partial charge is 0.455 e. The van der Waals surface area contributed by atoms with Gasteiger partial charge in [0.25, 0.3) is 0 Å². The second-order valence-electron chi connectivity index (χ2n) is 5.15. The van der Waals surface area contributed by atoms with E-state index in [1.54, 1.807) is 6.08 Å². The highest BCUT2D eigenvalue weighted by atomic mass is 16.6. The third-order valence-corrected chi connectivity index (χ3v) is 2.39. The van der Waals surface area contributed by atoms with Crippen LogP contribution in [-0.2, 0) is 9.53 Å². The topological polar surface area (TPSA) is 38.3 Å². The van der Waals surface area contributed by atoms with E-state index >= 15 is 0 Å². The molecule has 0 amide bonds. The zero-order chi connectivity index (χ0) is 13.2. The number of para-hydroxylation sites is 1. The smallest absolute Gasteiger partial charge is 0.355 e. The summed E-state index contributed by atoms with van der Waals surface area (Å²) in [6.45, 7) is 5.56. The maximum atomic E-state index is 12.0. The van der Waals surface area contributed by atoms with Gasteiger partial charge < -0.3 is 10.1 Å². The van der Waals surface area contributed by atoms with E-state index in [0.717, 1.165) is 11.3 Å². The van der Waals surface area contributed by atoms with Gasteiger partial charge in [-0.15, -0.1) is 0 Å². The van der Waals surface area contributed by atoms with Crippen LogP contribution in [0.25, 0.3) is 6.08 Å². The van der Waals surface area contributed by atoms with Gasteiger partial charge in [0.1, 0.15) is 11.3 Å². The number of esters is 1. The van der Waals surface area contributed by atoms with E-state index in [4.69, 9.17) is 4.74 Å². The molecule has 0 atom stereocenters. The van der Waals surface area contributed by atoms with Crippen LogP contribution in [0.1, 0.15) is 26.3 Å². The summed E-state index contributed by atoms with van der Waals surface area (Å²) in [5.74, 6) is -0.344. The highest BCUT2D eigenvalue weighted by molar-refractivity contribution is 5.94. The third-order valence-electron chi connectivity index (χ3n) is 2.39. The van der Waals surface area contributed by atoms with E-state index in [1.165, 1.54) is 0 Å². The number of carbonyl (C=O) groups is 1. The van der Waals surface area contributed by atoms with Gasteiger partial charge in [-0.3, -0.25) is 0 Å². The Balaban J connectivity index is 2.21. The lowest BCUT2D eigenvalue weighted by molar-refractivity contribution is -0.149. The minimum Gasteiger partial charge on any atom is -0.455 e. The van der Waals surface area contributed by atoms with Crippen LogP contribution < -0.4 is 5.32 Å². The van der Waals surface area contributed by atoms with Crippen molar-refractivity contribution in [3.8, 4) is 0 Å². The molecule has 1 aliphatic heterocycles. The normalized spacial score (nSPS) is 14.1. The standard InChI is InChI=1S/C15H17NO2/c1-15(2,3)18-14(17)13-10-6-8-11-7-4-5-9-12(11)16-13/h4-10,16H,1-3H3. The first-order chi connectivity index (χ1) is 8.46. The van der Waals surface area contributed by atoms with Crippen molar-refractivity contribution in [3.63, 3.8) is 0 Å². The molecule has 3 heteroatoms. The first kappa shape index (κ1) is 12.4. The first-order valence-corrected chi connectivity index (χ1v) is 5.93. The summed E-state index contributed by atoms with van der Waals surface area (Å²) in [5, 5.41) is 3.11. The van der Waals surface area contributed by atoms with Crippen molar-refractivity contribution in [3.05, 3.63) is 47.7 Å². The fourth-order valence-electron chi connectivity index (χ4n) is 1.64. The van der Waals surface area contributed by atoms with Crippen LogP contribution in [-0.4, -0.2) is 11.6 Å². The van der Waals surface area contributed by atoms with Crippen LogP contribution >= 0.6 is 0 Å².